The van der Waals surface area contributed by atoms with Crippen LogP contribution < -0.4 is 4.90 Å². The number of aromatic nitrogens is 1. The molecule has 3 rings (SSSR count). The highest BCUT2D eigenvalue weighted by atomic mass is 32.2. The van der Waals surface area contributed by atoms with Crippen molar-refractivity contribution in [2.24, 2.45) is 0 Å². The molecule has 2 aliphatic rings. The van der Waals surface area contributed by atoms with Crippen molar-refractivity contribution in [3.63, 3.8) is 0 Å². The third-order valence-electron chi connectivity index (χ3n) is 4.36. The van der Waals surface area contributed by atoms with Gasteiger partial charge in [0.2, 0.25) is 0 Å². The maximum Gasteiger partial charge on any atom is 0.417 e. The molecule has 1 aromatic heterocycles. The predicted molar refractivity (Wildman–Crippen MR) is 82.8 cm³/mol. The fourth-order valence-corrected chi connectivity index (χ4v) is 4.64. The van der Waals surface area contributed by atoms with Gasteiger partial charge in [-0.1, -0.05) is 0 Å². The monoisotopic (exact) mass is 364 g/mol. The molecule has 2 saturated heterocycles. The Morgan fingerprint density at radius 1 is 0.917 bits per heavy atom. The molecule has 0 aromatic carbocycles. The number of piperazine rings is 1. The van der Waals surface area contributed by atoms with Crippen LogP contribution in [0, 0.1) is 0 Å². The first-order valence-corrected chi connectivity index (χ1v) is 9.21. The number of pyridine rings is 1. The van der Waals surface area contributed by atoms with Crippen molar-refractivity contribution in [2.75, 3.05) is 44.2 Å². The van der Waals surface area contributed by atoms with Crippen molar-refractivity contribution in [1.82, 2.24) is 13.6 Å². The molecule has 0 bridgehead atoms. The number of hydrogen-bond acceptors (Lipinski definition) is 4. The summed E-state index contributed by atoms with van der Waals surface area (Å²) >= 11 is 0. The van der Waals surface area contributed by atoms with Crippen LogP contribution in [0.5, 0.6) is 0 Å². The van der Waals surface area contributed by atoms with Crippen LogP contribution in [-0.4, -0.2) is 61.3 Å². The van der Waals surface area contributed by atoms with E-state index in [-0.39, 0.29) is 0 Å². The maximum absolute atomic E-state index is 12.6. The highest BCUT2D eigenvalue weighted by Gasteiger charge is 2.34. The largest absolute Gasteiger partial charge is 0.417 e. The quantitative estimate of drug-likeness (QED) is 0.817. The number of rotatable bonds is 3. The summed E-state index contributed by atoms with van der Waals surface area (Å²) in [6.45, 7) is 2.55. The lowest BCUT2D eigenvalue weighted by Crippen LogP contribution is -2.52. The molecule has 2 fully saturated rings. The van der Waals surface area contributed by atoms with Gasteiger partial charge in [-0.25, -0.2) is 4.98 Å². The van der Waals surface area contributed by atoms with E-state index >= 15 is 0 Å². The maximum atomic E-state index is 12.6. The third-order valence-corrected chi connectivity index (χ3v) is 6.39. The Labute approximate surface area is 139 Å². The lowest BCUT2D eigenvalue weighted by molar-refractivity contribution is -0.137. The van der Waals surface area contributed by atoms with E-state index in [0.717, 1.165) is 25.1 Å². The predicted octanol–water partition coefficient (Wildman–Crippen LogP) is 1.56. The highest BCUT2D eigenvalue weighted by molar-refractivity contribution is 7.86. The second kappa shape index (κ2) is 6.49. The van der Waals surface area contributed by atoms with Gasteiger partial charge in [-0.15, -0.1) is 0 Å². The Bertz CT molecular complexity index is 664. The molecule has 1 aromatic rings. The van der Waals surface area contributed by atoms with E-state index in [2.05, 4.69) is 4.98 Å². The number of anilines is 1. The zero-order chi connectivity index (χ0) is 17.4. The molecule has 6 nitrogen and oxygen atoms in total. The zero-order valence-corrected chi connectivity index (χ0v) is 13.9. The van der Waals surface area contributed by atoms with E-state index in [1.807, 2.05) is 0 Å². The van der Waals surface area contributed by atoms with E-state index in [9.17, 15) is 21.6 Å². The minimum atomic E-state index is -4.41. The standard InChI is InChI=1S/C14H19F3N4O2S/c15-14(16,17)12-3-4-13(18-11-12)19-7-9-21(10-8-19)24(22,23)20-5-1-2-6-20/h3-4,11H,1-2,5-10H2. The van der Waals surface area contributed by atoms with Gasteiger partial charge in [0.05, 0.1) is 5.56 Å². The fourth-order valence-electron chi connectivity index (χ4n) is 2.97. The van der Waals surface area contributed by atoms with Crippen molar-refractivity contribution in [3.05, 3.63) is 23.9 Å². The highest BCUT2D eigenvalue weighted by Crippen LogP contribution is 2.29. The second-order valence-electron chi connectivity index (χ2n) is 5.90. The Kier molecular flexibility index (Phi) is 4.71. The molecule has 2 aliphatic heterocycles. The van der Waals surface area contributed by atoms with Crippen LogP contribution >= 0.6 is 0 Å². The van der Waals surface area contributed by atoms with Gasteiger partial charge in [-0.05, 0) is 25.0 Å². The SMILES string of the molecule is O=S(=O)(N1CCCC1)N1CCN(c2ccc(C(F)(F)F)cn2)CC1. The van der Waals surface area contributed by atoms with Gasteiger partial charge in [-0.2, -0.15) is 30.2 Å². The summed E-state index contributed by atoms with van der Waals surface area (Å²) in [6, 6.07) is 2.32. The molecule has 0 unspecified atom stereocenters. The number of nitrogens with zero attached hydrogens (tertiary/aromatic N) is 4. The molecule has 10 heteroatoms. The Hall–Kier alpha value is -1.39. The molecule has 24 heavy (non-hydrogen) atoms. The van der Waals surface area contributed by atoms with Crippen molar-refractivity contribution in [1.29, 1.82) is 0 Å². The summed E-state index contributed by atoms with van der Waals surface area (Å²) in [7, 11) is -3.42. The van der Waals surface area contributed by atoms with E-state index in [1.165, 1.54) is 14.7 Å². The van der Waals surface area contributed by atoms with Crippen molar-refractivity contribution in [3.8, 4) is 0 Å². The van der Waals surface area contributed by atoms with Crippen LogP contribution in [0.1, 0.15) is 18.4 Å². The van der Waals surface area contributed by atoms with Crippen LogP contribution in [0.15, 0.2) is 18.3 Å². The molecule has 0 spiro atoms. The number of halogens is 3. The van der Waals surface area contributed by atoms with Crippen LogP contribution in [0.4, 0.5) is 19.0 Å². The fraction of sp³-hybridized carbons (Fsp3) is 0.643. The minimum absolute atomic E-state index is 0.307. The molecule has 0 aliphatic carbocycles. The van der Waals surface area contributed by atoms with Crippen LogP contribution in [0.3, 0.4) is 0 Å². The molecule has 0 saturated carbocycles. The summed E-state index contributed by atoms with van der Waals surface area (Å²) in [4.78, 5) is 5.66. The molecular formula is C14H19F3N4O2S. The lowest BCUT2D eigenvalue weighted by atomic mass is 10.2. The first kappa shape index (κ1) is 17.4. The molecule has 0 N–H and O–H groups in total. The Morgan fingerprint density at radius 3 is 2.00 bits per heavy atom. The van der Waals surface area contributed by atoms with Gasteiger partial charge >= 0.3 is 6.18 Å². The van der Waals surface area contributed by atoms with E-state index < -0.39 is 21.9 Å². The summed E-state index contributed by atoms with van der Waals surface area (Å²) < 4.78 is 65.6. The minimum Gasteiger partial charge on any atom is -0.354 e. The van der Waals surface area contributed by atoms with E-state index in [0.29, 0.717) is 45.1 Å². The summed E-state index contributed by atoms with van der Waals surface area (Å²) in [5.41, 5.74) is -0.790. The van der Waals surface area contributed by atoms with Crippen LogP contribution in [0.2, 0.25) is 0 Å². The Morgan fingerprint density at radius 2 is 1.50 bits per heavy atom. The summed E-state index contributed by atoms with van der Waals surface area (Å²) in [5.74, 6) is 0.432. The van der Waals surface area contributed by atoms with Crippen LogP contribution in [0.25, 0.3) is 0 Å². The molecule has 3 heterocycles. The molecule has 0 radical (unpaired) electrons. The second-order valence-corrected chi connectivity index (χ2v) is 7.83. The topological polar surface area (TPSA) is 56.8 Å². The van der Waals surface area contributed by atoms with Gasteiger partial charge in [0, 0.05) is 45.5 Å². The molecular weight excluding hydrogens is 345 g/mol. The van der Waals surface area contributed by atoms with Crippen LogP contribution in [-0.2, 0) is 16.4 Å². The lowest BCUT2D eigenvalue weighted by Gasteiger charge is -2.36. The zero-order valence-electron chi connectivity index (χ0n) is 13.0. The van der Waals surface area contributed by atoms with Gasteiger partial charge in [0.15, 0.2) is 0 Å². The number of hydrogen-bond donors (Lipinski definition) is 0. The van der Waals surface area contributed by atoms with Gasteiger partial charge < -0.3 is 4.90 Å². The van der Waals surface area contributed by atoms with Crippen molar-refractivity contribution < 1.29 is 21.6 Å². The molecule has 134 valence electrons. The summed E-state index contributed by atoms with van der Waals surface area (Å²) in [6.07, 6.45) is -1.83. The Balaban J connectivity index is 1.63. The van der Waals surface area contributed by atoms with Gasteiger partial charge in [-0.3, -0.25) is 0 Å². The van der Waals surface area contributed by atoms with Crippen molar-refractivity contribution >= 4 is 16.0 Å². The van der Waals surface area contributed by atoms with E-state index in [1.54, 1.807) is 4.90 Å². The molecule has 0 atom stereocenters. The van der Waals surface area contributed by atoms with Crippen molar-refractivity contribution in [2.45, 2.75) is 19.0 Å². The normalized spacial score (nSPS) is 21.4. The first-order chi connectivity index (χ1) is 11.3. The van der Waals surface area contributed by atoms with E-state index in [4.69, 9.17) is 0 Å². The average Bonchev–Trinajstić information content (AvgIpc) is 3.10. The molecule has 0 amide bonds. The number of alkyl halides is 3. The van der Waals surface area contributed by atoms with Gasteiger partial charge in [0.1, 0.15) is 5.82 Å². The first-order valence-electron chi connectivity index (χ1n) is 7.82. The smallest absolute Gasteiger partial charge is 0.354 e. The third kappa shape index (κ3) is 3.50. The average molecular weight is 364 g/mol. The van der Waals surface area contributed by atoms with Gasteiger partial charge in [0.25, 0.3) is 10.2 Å². The summed E-state index contributed by atoms with van der Waals surface area (Å²) in [5, 5.41) is 0.